The van der Waals surface area contributed by atoms with E-state index in [9.17, 15) is 19.8 Å². The predicted molar refractivity (Wildman–Crippen MR) is 127 cm³/mol. The van der Waals surface area contributed by atoms with Gasteiger partial charge in [-0.15, -0.1) is 0 Å². The minimum atomic E-state index is -2.22. The Balaban J connectivity index is 1.38. The zero-order chi connectivity index (χ0) is 26.4. The molecular weight excluding hydrogens is 484 g/mol. The largest absolute Gasteiger partial charge is 0.390 e. The normalized spacial score (nSPS) is 46.7. The zero-order valence-corrected chi connectivity index (χ0v) is 21.0. The van der Waals surface area contributed by atoms with Crippen molar-refractivity contribution in [3.05, 3.63) is 42.5 Å². The van der Waals surface area contributed by atoms with Gasteiger partial charge in [0.15, 0.2) is 22.8 Å². The summed E-state index contributed by atoms with van der Waals surface area (Å²) >= 11 is 0. The fourth-order valence-corrected chi connectivity index (χ4v) is 8.72. The fraction of sp³-hybridized carbons (Fsp3) is 0.667. The Morgan fingerprint density at radius 2 is 2.05 bits per heavy atom. The highest BCUT2D eigenvalue weighted by Crippen LogP contribution is 2.72. The van der Waals surface area contributed by atoms with Crippen molar-refractivity contribution in [2.24, 2.45) is 28.6 Å². The molecule has 37 heavy (non-hydrogen) atoms. The number of alkyl halides is 2. The maximum atomic E-state index is 17.4. The van der Waals surface area contributed by atoms with Crippen molar-refractivity contribution in [1.82, 2.24) is 14.6 Å². The third-order valence-corrected chi connectivity index (χ3v) is 10.4. The summed E-state index contributed by atoms with van der Waals surface area (Å²) in [6.45, 7) is 4.11. The second-order valence-electron chi connectivity index (χ2n) is 11.9. The van der Waals surface area contributed by atoms with E-state index < -0.39 is 58.6 Å². The lowest BCUT2D eigenvalue weighted by Gasteiger charge is -2.63. The number of rotatable bonds is 5. The standard InChI is InChI=1S/C27H33F2N3O5/c1-24-4-3-17(34)10-20(24)21(28)11-19-18-9-16-13-32(8-7-31-6-5-30-15-31)37-27(16,23(36)14-33)25(18,2)12-22(35)26(19,24)29/h3-6,10,15-16,18-19,21-22,33,35H,7-9,11-14H2,1-2H3/t16-,18-,19-,21-,22-,24-,25-,26-,27-/m0/s1. The van der Waals surface area contributed by atoms with Crippen molar-refractivity contribution in [1.29, 1.82) is 0 Å². The van der Waals surface area contributed by atoms with Gasteiger partial charge >= 0.3 is 0 Å². The quantitative estimate of drug-likeness (QED) is 0.616. The van der Waals surface area contributed by atoms with Crippen LogP contribution in [0.25, 0.3) is 0 Å². The SMILES string of the molecule is C[C@]12C=CC(=O)C=C1[C@@H](F)C[C@H]1[C@@H]3C[C@H]4CN(CCn5ccnc5)O[C@@]4(C(=O)CO)[C@@]3(C)C[C@H](O)[C@@]12F. The summed E-state index contributed by atoms with van der Waals surface area (Å²) in [6, 6.07) is 0. The molecule has 0 spiro atoms. The molecule has 3 saturated carbocycles. The number of imidazole rings is 1. The highest BCUT2D eigenvalue weighted by Gasteiger charge is 2.79. The molecule has 0 radical (unpaired) electrons. The number of carbonyl (C=O) groups is 2. The first-order valence-electron chi connectivity index (χ1n) is 13.0. The van der Waals surface area contributed by atoms with Crippen molar-refractivity contribution in [2.45, 2.75) is 63.2 Å². The van der Waals surface area contributed by atoms with E-state index in [1.54, 1.807) is 24.5 Å². The maximum Gasteiger partial charge on any atom is 0.192 e. The van der Waals surface area contributed by atoms with Crippen LogP contribution in [0.5, 0.6) is 0 Å². The third kappa shape index (κ3) is 3.04. The molecule has 0 aromatic carbocycles. The summed E-state index contributed by atoms with van der Waals surface area (Å²) in [5.74, 6) is -2.58. The van der Waals surface area contributed by atoms with Gasteiger partial charge in [-0.3, -0.25) is 14.4 Å². The van der Waals surface area contributed by atoms with Crippen LogP contribution in [0, 0.1) is 28.6 Å². The van der Waals surface area contributed by atoms with Gasteiger partial charge in [-0.1, -0.05) is 13.0 Å². The molecule has 0 amide bonds. The summed E-state index contributed by atoms with van der Waals surface area (Å²) in [5.41, 5.74) is -6.08. The lowest BCUT2D eigenvalue weighted by Crippen LogP contribution is -2.70. The molecule has 4 fully saturated rings. The molecule has 0 bridgehead atoms. The number of aliphatic hydroxyl groups excluding tert-OH is 2. The monoisotopic (exact) mass is 517 g/mol. The number of hydrogen-bond donors (Lipinski definition) is 2. The van der Waals surface area contributed by atoms with Gasteiger partial charge in [0.1, 0.15) is 12.8 Å². The van der Waals surface area contributed by atoms with Crippen molar-refractivity contribution in [2.75, 3.05) is 19.7 Å². The first-order valence-corrected chi connectivity index (χ1v) is 13.0. The van der Waals surface area contributed by atoms with Crippen molar-refractivity contribution < 1.29 is 33.4 Å². The van der Waals surface area contributed by atoms with Crippen LogP contribution in [0.3, 0.4) is 0 Å². The summed E-state index contributed by atoms with van der Waals surface area (Å²) in [4.78, 5) is 36.0. The van der Waals surface area contributed by atoms with Gasteiger partial charge < -0.3 is 14.8 Å². The predicted octanol–water partition coefficient (Wildman–Crippen LogP) is 1.98. The molecule has 0 unspecified atom stereocenters. The van der Waals surface area contributed by atoms with E-state index in [0.717, 1.165) is 0 Å². The number of aliphatic hydroxyl groups is 2. The van der Waals surface area contributed by atoms with E-state index in [-0.39, 0.29) is 30.1 Å². The van der Waals surface area contributed by atoms with Gasteiger partial charge in [-0.2, -0.15) is 5.06 Å². The summed E-state index contributed by atoms with van der Waals surface area (Å²) in [5, 5.41) is 23.3. The van der Waals surface area contributed by atoms with Gasteiger partial charge in [0.05, 0.1) is 12.4 Å². The smallest absolute Gasteiger partial charge is 0.192 e. The van der Waals surface area contributed by atoms with Crippen molar-refractivity contribution in [3.63, 3.8) is 0 Å². The maximum absolute atomic E-state index is 17.4. The van der Waals surface area contributed by atoms with E-state index in [2.05, 4.69) is 4.98 Å². The molecule has 1 saturated heterocycles. The van der Waals surface area contributed by atoms with Gasteiger partial charge in [0, 0.05) is 54.7 Å². The molecule has 1 aromatic heterocycles. The zero-order valence-electron chi connectivity index (χ0n) is 21.0. The van der Waals surface area contributed by atoms with Crippen LogP contribution in [0.1, 0.15) is 33.1 Å². The molecule has 2 N–H and O–H groups in total. The van der Waals surface area contributed by atoms with Crippen LogP contribution in [0.15, 0.2) is 42.5 Å². The highest BCUT2D eigenvalue weighted by atomic mass is 19.1. The Morgan fingerprint density at radius 1 is 1.27 bits per heavy atom. The van der Waals surface area contributed by atoms with E-state index in [1.807, 2.05) is 17.7 Å². The minimum absolute atomic E-state index is 0.0719. The van der Waals surface area contributed by atoms with Crippen molar-refractivity contribution >= 4 is 11.6 Å². The van der Waals surface area contributed by atoms with Crippen LogP contribution in [-0.2, 0) is 21.0 Å². The number of fused-ring (bicyclic) bond motifs is 7. The minimum Gasteiger partial charge on any atom is -0.390 e. The molecule has 9 atom stereocenters. The topological polar surface area (TPSA) is 105 Å². The number of halogens is 2. The summed E-state index contributed by atoms with van der Waals surface area (Å²) in [6.07, 6.45) is 6.11. The van der Waals surface area contributed by atoms with E-state index in [0.29, 0.717) is 26.1 Å². The number of Topliss-reactive ketones (excluding diaryl/α,β-unsaturated/α-hetero) is 1. The number of aromatic nitrogens is 2. The van der Waals surface area contributed by atoms with E-state index in [4.69, 9.17) is 4.84 Å². The van der Waals surface area contributed by atoms with E-state index in [1.165, 1.54) is 18.2 Å². The lowest BCUT2D eigenvalue weighted by molar-refractivity contribution is -0.267. The number of hydrogen-bond acceptors (Lipinski definition) is 7. The van der Waals surface area contributed by atoms with Gasteiger partial charge in [0.2, 0.25) is 0 Å². The van der Waals surface area contributed by atoms with Gasteiger partial charge in [-0.25, -0.2) is 13.8 Å². The van der Waals surface area contributed by atoms with Crippen LogP contribution in [0.2, 0.25) is 0 Å². The molecule has 8 nitrogen and oxygen atoms in total. The van der Waals surface area contributed by atoms with Gasteiger partial charge in [-0.05, 0) is 49.8 Å². The van der Waals surface area contributed by atoms with Crippen LogP contribution >= 0.6 is 0 Å². The number of allylic oxidation sites excluding steroid dienone is 4. The molecule has 2 heterocycles. The third-order valence-electron chi connectivity index (χ3n) is 10.4. The molecular formula is C27H33F2N3O5. The number of nitrogens with zero attached hydrogens (tertiary/aromatic N) is 3. The lowest BCUT2D eigenvalue weighted by atomic mass is 9.44. The first-order chi connectivity index (χ1) is 17.5. The Morgan fingerprint density at radius 3 is 2.76 bits per heavy atom. The number of hydroxylamine groups is 2. The number of ketones is 2. The van der Waals surface area contributed by atoms with Crippen molar-refractivity contribution in [3.8, 4) is 0 Å². The first kappa shape index (κ1) is 25.0. The fourth-order valence-electron chi connectivity index (χ4n) is 8.72. The highest BCUT2D eigenvalue weighted by molar-refractivity contribution is 6.01. The molecule has 1 aromatic rings. The van der Waals surface area contributed by atoms with Crippen LogP contribution in [0.4, 0.5) is 8.78 Å². The van der Waals surface area contributed by atoms with E-state index >= 15 is 8.78 Å². The Bertz CT molecular complexity index is 1190. The van der Waals surface area contributed by atoms with Crippen LogP contribution in [-0.4, -0.2) is 79.6 Å². The Kier molecular flexibility index (Phi) is 5.49. The molecule has 200 valence electrons. The Hall–Kier alpha value is -2.27. The second kappa shape index (κ2) is 8.11. The molecule has 6 rings (SSSR count). The average molecular weight is 518 g/mol. The van der Waals surface area contributed by atoms with Gasteiger partial charge in [0.25, 0.3) is 0 Å². The Labute approximate surface area is 213 Å². The second-order valence-corrected chi connectivity index (χ2v) is 11.9. The molecule has 5 aliphatic rings. The van der Waals surface area contributed by atoms with Crippen LogP contribution < -0.4 is 0 Å². The molecule has 1 aliphatic heterocycles. The number of carbonyl (C=O) groups excluding carboxylic acids is 2. The molecule has 10 heteroatoms. The average Bonchev–Trinajstić information content (AvgIpc) is 3.56. The summed E-state index contributed by atoms with van der Waals surface area (Å²) < 4.78 is 34.9. The molecule has 4 aliphatic carbocycles. The summed E-state index contributed by atoms with van der Waals surface area (Å²) in [7, 11) is 0.